The zero-order valence-corrected chi connectivity index (χ0v) is 22.4. The summed E-state index contributed by atoms with van der Waals surface area (Å²) < 4.78 is 19.3. The third-order valence-electron chi connectivity index (χ3n) is 7.08. The second-order valence-electron chi connectivity index (χ2n) is 9.54. The van der Waals surface area contributed by atoms with E-state index in [1.165, 1.54) is 4.52 Å². The van der Waals surface area contributed by atoms with E-state index in [9.17, 15) is 4.79 Å². The number of benzene rings is 1. The van der Waals surface area contributed by atoms with Gasteiger partial charge in [-0.05, 0) is 42.8 Å². The van der Waals surface area contributed by atoms with E-state index in [1.807, 2.05) is 36.1 Å². The summed E-state index contributed by atoms with van der Waals surface area (Å²) in [6.07, 6.45) is 3.94. The van der Waals surface area contributed by atoms with Gasteiger partial charge in [-0.15, -0.1) is 5.10 Å². The number of aromatic nitrogens is 6. The lowest BCUT2D eigenvalue weighted by Crippen LogP contribution is -2.50. The minimum atomic E-state index is -0.474. The third kappa shape index (κ3) is 4.79. The van der Waals surface area contributed by atoms with E-state index >= 15 is 0 Å². The molecule has 0 radical (unpaired) electrons. The number of nitrogens with zero attached hydrogens (tertiary/aromatic N) is 8. The summed E-state index contributed by atoms with van der Waals surface area (Å²) in [7, 11) is 1.65. The van der Waals surface area contributed by atoms with Crippen LogP contribution in [0.25, 0.3) is 28.3 Å². The predicted molar refractivity (Wildman–Crippen MR) is 148 cm³/mol. The van der Waals surface area contributed by atoms with E-state index in [0.29, 0.717) is 61.0 Å². The van der Waals surface area contributed by atoms with E-state index < -0.39 is 6.04 Å². The lowest BCUT2D eigenvalue weighted by Gasteiger charge is -2.37. The minimum absolute atomic E-state index is 0.0265. The number of piperazine rings is 1. The van der Waals surface area contributed by atoms with Crippen molar-refractivity contribution in [2.45, 2.75) is 19.4 Å². The molecule has 1 unspecified atom stereocenters. The van der Waals surface area contributed by atoms with Crippen LogP contribution in [-0.4, -0.2) is 86.7 Å². The Morgan fingerprint density at radius 3 is 2.58 bits per heavy atom. The standard InChI is InChI=1S/C27H31N9O4/c1-3-21(26(37)34-12-10-33(11-13-34)18-6-8-19(9-7-18)39-16-15-38-2)35-17-20-23(31-35)30-27(28)36-25(20)29-24(32-36)22-5-4-14-40-22/h4-9,14,17,21H,3,10-13,15-16H2,1-2H3,(H2,28,30,31). The van der Waals surface area contributed by atoms with Crippen molar-refractivity contribution in [3.63, 3.8) is 0 Å². The number of amides is 1. The Hall–Kier alpha value is -4.65. The summed E-state index contributed by atoms with van der Waals surface area (Å²) in [5, 5.41) is 9.72. The fraction of sp³-hybridized carbons (Fsp3) is 0.370. The summed E-state index contributed by atoms with van der Waals surface area (Å²) in [5.41, 5.74) is 8.18. The van der Waals surface area contributed by atoms with E-state index in [1.54, 1.807) is 36.4 Å². The van der Waals surface area contributed by atoms with E-state index in [-0.39, 0.29) is 11.9 Å². The van der Waals surface area contributed by atoms with Crippen LogP contribution < -0.4 is 15.4 Å². The Morgan fingerprint density at radius 2 is 1.88 bits per heavy atom. The van der Waals surface area contributed by atoms with Crippen molar-refractivity contribution in [1.82, 2.24) is 34.3 Å². The minimum Gasteiger partial charge on any atom is -0.491 e. The van der Waals surface area contributed by atoms with Gasteiger partial charge in [0.15, 0.2) is 17.1 Å². The van der Waals surface area contributed by atoms with Gasteiger partial charge in [0.2, 0.25) is 17.7 Å². The fourth-order valence-electron chi connectivity index (χ4n) is 4.96. The molecule has 1 atom stereocenters. The first-order chi connectivity index (χ1) is 19.6. The molecular weight excluding hydrogens is 514 g/mol. The average Bonchev–Trinajstić information content (AvgIpc) is 3.74. The second-order valence-corrected chi connectivity index (χ2v) is 9.54. The molecule has 0 saturated carbocycles. The maximum Gasteiger partial charge on any atom is 0.247 e. The van der Waals surface area contributed by atoms with Gasteiger partial charge >= 0.3 is 0 Å². The number of anilines is 2. The van der Waals surface area contributed by atoms with Gasteiger partial charge in [-0.25, -0.2) is 4.98 Å². The number of carbonyl (C=O) groups is 1. The van der Waals surface area contributed by atoms with Crippen LogP contribution >= 0.6 is 0 Å². The molecule has 0 spiro atoms. The molecule has 5 heterocycles. The van der Waals surface area contributed by atoms with Crippen LogP contribution in [0.5, 0.6) is 5.75 Å². The van der Waals surface area contributed by atoms with Gasteiger partial charge in [0, 0.05) is 45.2 Å². The van der Waals surface area contributed by atoms with E-state index in [4.69, 9.17) is 19.6 Å². The van der Waals surface area contributed by atoms with Crippen molar-refractivity contribution >= 4 is 34.2 Å². The number of hydrogen-bond acceptors (Lipinski definition) is 10. The molecule has 1 aliphatic heterocycles. The molecule has 13 heteroatoms. The molecule has 2 N–H and O–H groups in total. The number of fused-ring (bicyclic) bond motifs is 3. The lowest BCUT2D eigenvalue weighted by atomic mass is 10.1. The molecule has 5 aromatic rings. The summed E-state index contributed by atoms with van der Waals surface area (Å²) >= 11 is 0. The number of ether oxygens (including phenoxy) is 2. The smallest absolute Gasteiger partial charge is 0.247 e. The largest absolute Gasteiger partial charge is 0.491 e. The third-order valence-corrected chi connectivity index (χ3v) is 7.08. The Bertz CT molecular complexity index is 1600. The molecule has 1 amide bonds. The topological polar surface area (TPSA) is 142 Å². The SMILES string of the molecule is CCC(C(=O)N1CCN(c2ccc(OCCOC)cc2)CC1)n1cc2c(nc(N)n3nc(-c4ccco4)nc23)n1. The highest BCUT2D eigenvalue weighted by Gasteiger charge is 2.29. The van der Waals surface area contributed by atoms with Gasteiger partial charge in [0.05, 0.1) is 18.3 Å². The zero-order valence-electron chi connectivity index (χ0n) is 22.4. The first kappa shape index (κ1) is 25.6. The molecule has 13 nitrogen and oxygen atoms in total. The second kappa shape index (κ2) is 10.8. The number of furan rings is 1. The number of nitrogen functional groups attached to an aromatic ring is 1. The van der Waals surface area contributed by atoms with Crippen molar-refractivity contribution in [2.75, 3.05) is 57.1 Å². The number of nitrogens with two attached hydrogens (primary N) is 1. The summed E-state index contributed by atoms with van der Waals surface area (Å²) in [6.45, 7) is 5.75. The summed E-state index contributed by atoms with van der Waals surface area (Å²) in [6, 6.07) is 11.1. The van der Waals surface area contributed by atoms with Crippen LogP contribution in [-0.2, 0) is 9.53 Å². The van der Waals surface area contributed by atoms with Crippen molar-refractivity contribution < 1.29 is 18.7 Å². The van der Waals surface area contributed by atoms with Gasteiger partial charge in [-0.2, -0.15) is 14.6 Å². The Morgan fingerprint density at radius 1 is 1.07 bits per heavy atom. The molecular formula is C27H31N9O4. The van der Waals surface area contributed by atoms with Crippen molar-refractivity contribution in [1.29, 1.82) is 0 Å². The van der Waals surface area contributed by atoms with Gasteiger partial charge in [-0.3, -0.25) is 9.48 Å². The summed E-state index contributed by atoms with van der Waals surface area (Å²) in [4.78, 5) is 26.8. The maximum absolute atomic E-state index is 13.6. The molecule has 40 heavy (non-hydrogen) atoms. The first-order valence-electron chi connectivity index (χ1n) is 13.3. The molecule has 0 aliphatic carbocycles. The first-order valence-corrected chi connectivity index (χ1v) is 13.3. The van der Waals surface area contributed by atoms with Crippen LogP contribution in [0.2, 0.25) is 0 Å². The predicted octanol–water partition coefficient (Wildman–Crippen LogP) is 2.64. The maximum atomic E-state index is 13.6. The van der Waals surface area contributed by atoms with Crippen LogP contribution in [0.4, 0.5) is 11.6 Å². The molecule has 4 aromatic heterocycles. The highest BCUT2D eigenvalue weighted by atomic mass is 16.5. The molecule has 6 rings (SSSR count). The Kier molecular flexibility index (Phi) is 6.95. The number of methoxy groups -OCH3 is 1. The zero-order chi connectivity index (χ0) is 27.6. The van der Waals surface area contributed by atoms with Gasteiger partial charge < -0.3 is 29.4 Å². The van der Waals surface area contributed by atoms with Gasteiger partial charge in [0.25, 0.3) is 0 Å². The van der Waals surface area contributed by atoms with Crippen LogP contribution in [0.3, 0.4) is 0 Å². The molecule has 1 fully saturated rings. The van der Waals surface area contributed by atoms with Crippen LogP contribution in [0.1, 0.15) is 19.4 Å². The highest BCUT2D eigenvalue weighted by Crippen LogP contribution is 2.26. The number of carbonyl (C=O) groups excluding carboxylic acids is 1. The summed E-state index contributed by atoms with van der Waals surface area (Å²) in [5.74, 6) is 1.91. The van der Waals surface area contributed by atoms with Crippen molar-refractivity contribution in [2.24, 2.45) is 0 Å². The number of rotatable bonds is 9. The van der Waals surface area contributed by atoms with Crippen LogP contribution in [0, 0.1) is 0 Å². The van der Waals surface area contributed by atoms with Crippen molar-refractivity contribution in [3.8, 4) is 17.3 Å². The van der Waals surface area contributed by atoms with Gasteiger partial charge in [0.1, 0.15) is 18.4 Å². The lowest BCUT2D eigenvalue weighted by molar-refractivity contribution is -0.135. The van der Waals surface area contributed by atoms with Gasteiger partial charge in [-0.1, -0.05) is 6.92 Å². The Balaban J connectivity index is 1.16. The monoisotopic (exact) mass is 545 g/mol. The van der Waals surface area contributed by atoms with Crippen molar-refractivity contribution in [3.05, 3.63) is 48.9 Å². The number of hydrogen-bond donors (Lipinski definition) is 1. The fourth-order valence-corrected chi connectivity index (χ4v) is 4.96. The Labute approximate surface area is 230 Å². The molecule has 208 valence electrons. The quantitative estimate of drug-likeness (QED) is 0.275. The normalized spacial score (nSPS) is 14.8. The highest BCUT2D eigenvalue weighted by molar-refractivity contribution is 5.90. The van der Waals surface area contributed by atoms with E-state index in [0.717, 1.165) is 24.5 Å². The molecule has 1 aliphatic rings. The molecule has 1 saturated heterocycles. The molecule has 0 bridgehead atoms. The van der Waals surface area contributed by atoms with Crippen LogP contribution in [0.15, 0.2) is 53.3 Å². The van der Waals surface area contributed by atoms with E-state index in [2.05, 4.69) is 25.1 Å². The average molecular weight is 546 g/mol. The molecule has 1 aromatic carbocycles.